The maximum atomic E-state index is 11.1. The molecule has 1 saturated carbocycles. The molecule has 3 heteroatoms. The molecule has 1 aliphatic carbocycles. The van der Waals surface area contributed by atoms with Gasteiger partial charge in [-0.2, -0.15) is 0 Å². The Balaban J connectivity index is 2.32. The summed E-state index contributed by atoms with van der Waals surface area (Å²) in [4.78, 5) is 11.1. The van der Waals surface area contributed by atoms with Crippen LogP contribution in [0.4, 0.5) is 0 Å². The molecule has 0 aromatic heterocycles. The second-order valence-corrected chi connectivity index (χ2v) is 3.54. The van der Waals surface area contributed by atoms with E-state index in [2.05, 4.69) is 0 Å². The number of ether oxygens (including phenoxy) is 1. The average molecular weight is 171 g/mol. The van der Waals surface area contributed by atoms with Gasteiger partial charge in [-0.15, -0.1) is 0 Å². The van der Waals surface area contributed by atoms with E-state index in [1.165, 1.54) is 6.42 Å². The fourth-order valence-electron chi connectivity index (χ4n) is 1.65. The molecule has 0 atom stereocenters. The van der Waals surface area contributed by atoms with E-state index < -0.39 is 0 Å². The van der Waals surface area contributed by atoms with Crippen LogP contribution in [0, 0.1) is 5.41 Å². The summed E-state index contributed by atoms with van der Waals surface area (Å²) in [6.07, 6.45) is 3.89. The minimum Gasteiger partial charge on any atom is -0.466 e. The maximum absolute atomic E-state index is 11.1. The summed E-state index contributed by atoms with van der Waals surface area (Å²) < 4.78 is 4.88. The zero-order valence-electron chi connectivity index (χ0n) is 7.64. The Hall–Kier alpha value is -0.570. The molecule has 1 aliphatic rings. The highest BCUT2D eigenvalue weighted by Crippen LogP contribution is 2.42. The van der Waals surface area contributed by atoms with Gasteiger partial charge in [0.1, 0.15) is 0 Å². The Morgan fingerprint density at radius 3 is 2.58 bits per heavy atom. The Bertz CT molecular complexity index is 158. The van der Waals surface area contributed by atoms with Gasteiger partial charge in [-0.3, -0.25) is 4.79 Å². The molecule has 0 amide bonds. The molecular formula is C9H17NO2. The number of carbonyl (C=O) groups is 1. The van der Waals surface area contributed by atoms with E-state index in [1.807, 2.05) is 6.92 Å². The number of esters is 1. The fraction of sp³-hybridized carbons (Fsp3) is 0.889. The van der Waals surface area contributed by atoms with Gasteiger partial charge in [0, 0.05) is 0 Å². The molecule has 2 N–H and O–H groups in total. The minimum atomic E-state index is -0.0948. The molecule has 1 rings (SSSR count). The number of nitrogens with two attached hydrogens (primary N) is 1. The predicted octanol–water partition coefficient (Wildman–Crippen LogP) is 1.07. The van der Waals surface area contributed by atoms with E-state index in [-0.39, 0.29) is 11.4 Å². The molecule has 0 saturated heterocycles. The monoisotopic (exact) mass is 171 g/mol. The molecule has 1 fully saturated rings. The van der Waals surface area contributed by atoms with Crippen molar-refractivity contribution >= 4 is 5.97 Å². The molecule has 0 unspecified atom stereocenters. The molecule has 12 heavy (non-hydrogen) atoms. The Morgan fingerprint density at radius 2 is 2.25 bits per heavy atom. The third-order valence-corrected chi connectivity index (χ3v) is 2.67. The lowest BCUT2D eigenvalue weighted by Gasteiger charge is -2.39. The normalized spacial score (nSPS) is 19.8. The van der Waals surface area contributed by atoms with Crippen LogP contribution in [0.15, 0.2) is 0 Å². The first-order valence-electron chi connectivity index (χ1n) is 4.58. The first-order chi connectivity index (χ1) is 5.72. The average Bonchev–Trinajstić information content (AvgIpc) is 1.97. The molecule has 0 aromatic carbocycles. The van der Waals surface area contributed by atoms with Crippen molar-refractivity contribution < 1.29 is 9.53 Å². The van der Waals surface area contributed by atoms with Crippen LogP contribution in [0.5, 0.6) is 0 Å². The Labute approximate surface area is 73.3 Å². The van der Waals surface area contributed by atoms with Gasteiger partial charge in [0.2, 0.25) is 0 Å². The van der Waals surface area contributed by atoms with Crippen molar-refractivity contribution in [2.24, 2.45) is 11.1 Å². The van der Waals surface area contributed by atoms with Crippen molar-refractivity contribution in [2.75, 3.05) is 13.2 Å². The molecule has 3 nitrogen and oxygen atoms in total. The first kappa shape index (κ1) is 9.52. The summed E-state index contributed by atoms with van der Waals surface area (Å²) in [7, 11) is 0. The van der Waals surface area contributed by atoms with Crippen LogP contribution in [0.2, 0.25) is 0 Å². The van der Waals surface area contributed by atoms with Gasteiger partial charge in [-0.25, -0.2) is 0 Å². The van der Waals surface area contributed by atoms with Gasteiger partial charge >= 0.3 is 5.97 Å². The van der Waals surface area contributed by atoms with Crippen LogP contribution in [0.3, 0.4) is 0 Å². The number of carbonyl (C=O) groups excluding carboxylic acids is 1. The van der Waals surface area contributed by atoms with Gasteiger partial charge in [0.05, 0.1) is 13.0 Å². The standard InChI is InChI=1S/C9H17NO2/c1-2-12-8(11)6-9(7-10)4-3-5-9/h2-7,10H2,1H3. The van der Waals surface area contributed by atoms with Crippen molar-refractivity contribution in [1.82, 2.24) is 0 Å². The zero-order chi connectivity index (χ0) is 9.03. The van der Waals surface area contributed by atoms with Crippen molar-refractivity contribution in [1.29, 1.82) is 0 Å². The van der Waals surface area contributed by atoms with Gasteiger partial charge in [-0.05, 0) is 31.7 Å². The highest BCUT2D eigenvalue weighted by Gasteiger charge is 2.37. The Kier molecular flexibility index (Phi) is 3.09. The van der Waals surface area contributed by atoms with Crippen LogP contribution in [-0.4, -0.2) is 19.1 Å². The Morgan fingerprint density at radius 1 is 1.58 bits per heavy atom. The quantitative estimate of drug-likeness (QED) is 0.644. The number of hydrogen-bond donors (Lipinski definition) is 1. The van der Waals surface area contributed by atoms with Crippen LogP contribution in [-0.2, 0) is 9.53 Å². The van der Waals surface area contributed by atoms with Gasteiger partial charge in [-0.1, -0.05) is 6.42 Å². The first-order valence-corrected chi connectivity index (χ1v) is 4.58. The predicted molar refractivity (Wildman–Crippen MR) is 46.6 cm³/mol. The summed E-state index contributed by atoms with van der Waals surface area (Å²) in [6.45, 7) is 2.92. The smallest absolute Gasteiger partial charge is 0.306 e. The highest BCUT2D eigenvalue weighted by atomic mass is 16.5. The molecule has 0 heterocycles. The van der Waals surface area contributed by atoms with Crippen LogP contribution in [0.1, 0.15) is 32.6 Å². The highest BCUT2D eigenvalue weighted by molar-refractivity contribution is 5.70. The third kappa shape index (κ3) is 1.97. The largest absolute Gasteiger partial charge is 0.466 e. The summed E-state index contributed by atoms with van der Waals surface area (Å²) in [5.41, 5.74) is 5.70. The van der Waals surface area contributed by atoms with E-state index in [4.69, 9.17) is 10.5 Å². The minimum absolute atomic E-state index is 0.0895. The van der Waals surface area contributed by atoms with E-state index in [0.717, 1.165) is 12.8 Å². The van der Waals surface area contributed by atoms with Gasteiger partial charge < -0.3 is 10.5 Å². The second-order valence-electron chi connectivity index (χ2n) is 3.54. The van der Waals surface area contributed by atoms with Crippen molar-refractivity contribution in [3.8, 4) is 0 Å². The van der Waals surface area contributed by atoms with Crippen LogP contribution in [0.25, 0.3) is 0 Å². The van der Waals surface area contributed by atoms with Crippen LogP contribution >= 0.6 is 0 Å². The van der Waals surface area contributed by atoms with Gasteiger partial charge in [0.15, 0.2) is 0 Å². The summed E-state index contributed by atoms with van der Waals surface area (Å²) in [5, 5.41) is 0. The van der Waals surface area contributed by atoms with Crippen molar-refractivity contribution in [3.63, 3.8) is 0 Å². The topological polar surface area (TPSA) is 52.3 Å². The second kappa shape index (κ2) is 3.90. The summed E-state index contributed by atoms with van der Waals surface area (Å²) in [5.74, 6) is -0.0948. The fourth-order valence-corrected chi connectivity index (χ4v) is 1.65. The summed E-state index contributed by atoms with van der Waals surface area (Å²) >= 11 is 0. The number of rotatable bonds is 4. The molecular weight excluding hydrogens is 154 g/mol. The van der Waals surface area contributed by atoms with E-state index in [0.29, 0.717) is 19.6 Å². The lowest BCUT2D eigenvalue weighted by atomic mass is 9.67. The molecule has 0 spiro atoms. The maximum Gasteiger partial charge on any atom is 0.306 e. The SMILES string of the molecule is CCOC(=O)CC1(CN)CCC1. The third-order valence-electron chi connectivity index (χ3n) is 2.67. The molecule has 0 bridgehead atoms. The van der Waals surface area contributed by atoms with E-state index >= 15 is 0 Å². The zero-order valence-corrected chi connectivity index (χ0v) is 7.64. The van der Waals surface area contributed by atoms with Gasteiger partial charge in [0.25, 0.3) is 0 Å². The van der Waals surface area contributed by atoms with Crippen LogP contribution < -0.4 is 5.73 Å². The van der Waals surface area contributed by atoms with Crippen molar-refractivity contribution in [3.05, 3.63) is 0 Å². The molecule has 0 aliphatic heterocycles. The molecule has 0 radical (unpaired) electrons. The van der Waals surface area contributed by atoms with Crippen molar-refractivity contribution in [2.45, 2.75) is 32.6 Å². The lowest BCUT2D eigenvalue weighted by molar-refractivity contribution is -0.147. The van der Waals surface area contributed by atoms with E-state index in [1.54, 1.807) is 0 Å². The molecule has 70 valence electrons. The van der Waals surface area contributed by atoms with E-state index in [9.17, 15) is 4.79 Å². The summed E-state index contributed by atoms with van der Waals surface area (Å²) in [6, 6.07) is 0. The molecule has 0 aromatic rings. The lowest BCUT2D eigenvalue weighted by Crippen LogP contribution is -2.39. The number of hydrogen-bond acceptors (Lipinski definition) is 3.